The summed E-state index contributed by atoms with van der Waals surface area (Å²) in [5.74, 6) is -0.342. The normalized spacial score (nSPS) is 20.7. The number of ether oxygens (including phenoxy) is 1. The molecule has 0 saturated carbocycles. The maximum Gasteiger partial charge on any atom is 0.248 e. The summed E-state index contributed by atoms with van der Waals surface area (Å²) in [6.07, 6.45) is 0. The second-order valence-electron chi connectivity index (χ2n) is 6.45. The predicted molar refractivity (Wildman–Crippen MR) is 103 cm³/mol. The van der Waals surface area contributed by atoms with Gasteiger partial charge in [-0.2, -0.15) is 10.5 Å². The van der Waals surface area contributed by atoms with E-state index in [1.165, 1.54) is 0 Å². The van der Waals surface area contributed by atoms with Crippen LogP contribution < -0.4 is 10.6 Å². The Balaban J connectivity index is 2.15. The quantitative estimate of drug-likeness (QED) is 0.878. The standard InChI is InChI=1S/C22H16N4O2/c1-2-26-18-11-7-6-10-15(18)22(21(26)27)16(12-23)19(14-8-4-3-5-9-14)28-20(25)17(22)13-24/h3-11H,2,25H2,1H3/t22-/m0/s1. The van der Waals surface area contributed by atoms with Gasteiger partial charge in [0.1, 0.15) is 17.7 Å². The van der Waals surface area contributed by atoms with E-state index in [1.807, 2.05) is 31.2 Å². The van der Waals surface area contributed by atoms with Gasteiger partial charge in [-0.15, -0.1) is 0 Å². The van der Waals surface area contributed by atoms with Gasteiger partial charge in [-0.05, 0) is 13.0 Å². The van der Waals surface area contributed by atoms with Gasteiger partial charge in [-0.25, -0.2) is 0 Å². The molecular weight excluding hydrogens is 352 g/mol. The molecule has 6 nitrogen and oxygen atoms in total. The van der Waals surface area contributed by atoms with E-state index in [0.29, 0.717) is 23.4 Å². The summed E-state index contributed by atoms with van der Waals surface area (Å²) in [5, 5.41) is 20.0. The molecule has 2 aliphatic rings. The SMILES string of the molecule is CCN1C(=O)[C@@]2(C(C#N)=C(N)OC(c3ccccc3)=C2C#N)c2ccccc21. The number of hydrogen-bond donors (Lipinski definition) is 1. The number of carbonyl (C=O) groups is 1. The molecule has 2 heterocycles. The fourth-order valence-corrected chi connectivity index (χ4v) is 4.01. The van der Waals surface area contributed by atoms with Gasteiger partial charge in [0.2, 0.25) is 11.8 Å². The van der Waals surface area contributed by atoms with Crippen molar-refractivity contribution in [3.8, 4) is 12.1 Å². The van der Waals surface area contributed by atoms with Gasteiger partial charge in [0, 0.05) is 23.4 Å². The number of nitrogens with two attached hydrogens (primary N) is 1. The lowest BCUT2D eigenvalue weighted by Crippen LogP contribution is -2.46. The van der Waals surface area contributed by atoms with Crippen LogP contribution in [0.2, 0.25) is 0 Å². The lowest BCUT2D eigenvalue weighted by atomic mass is 9.68. The molecular formula is C22H16N4O2. The van der Waals surface area contributed by atoms with E-state index < -0.39 is 5.41 Å². The first-order valence-corrected chi connectivity index (χ1v) is 8.81. The maximum absolute atomic E-state index is 13.7. The third kappa shape index (κ3) is 2.03. The van der Waals surface area contributed by atoms with Gasteiger partial charge in [-0.3, -0.25) is 4.79 Å². The summed E-state index contributed by atoms with van der Waals surface area (Å²) in [5.41, 5.74) is 6.36. The van der Waals surface area contributed by atoms with Crippen molar-refractivity contribution in [3.05, 3.63) is 82.8 Å². The molecule has 0 fully saturated rings. The molecule has 0 bridgehead atoms. The van der Waals surface area contributed by atoms with Crippen molar-refractivity contribution in [2.45, 2.75) is 12.3 Å². The Bertz CT molecular complexity index is 1140. The predicted octanol–water partition coefficient (Wildman–Crippen LogP) is 2.95. The molecule has 0 radical (unpaired) electrons. The van der Waals surface area contributed by atoms with Crippen LogP contribution >= 0.6 is 0 Å². The topological polar surface area (TPSA) is 103 Å². The highest BCUT2D eigenvalue weighted by Crippen LogP contribution is 2.54. The summed E-state index contributed by atoms with van der Waals surface area (Å²) >= 11 is 0. The first-order chi connectivity index (χ1) is 13.6. The van der Waals surface area contributed by atoms with Gasteiger partial charge in [0.05, 0.1) is 5.57 Å². The van der Waals surface area contributed by atoms with Gasteiger partial charge in [0.15, 0.2) is 11.2 Å². The number of hydrogen-bond acceptors (Lipinski definition) is 5. The molecule has 2 N–H and O–H groups in total. The Morgan fingerprint density at radius 1 is 1.04 bits per heavy atom. The lowest BCUT2D eigenvalue weighted by Gasteiger charge is -2.33. The summed E-state index contributed by atoms with van der Waals surface area (Å²) in [4.78, 5) is 15.3. The zero-order valence-corrected chi connectivity index (χ0v) is 15.1. The Morgan fingerprint density at radius 3 is 2.32 bits per heavy atom. The number of carbonyl (C=O) groups excluding carboxylic acids is 1. The van der Waals surface area contributed by atoms with Crippen molar-refractivity contribution in [3.63, 3.8) is 0 Å². The number of para-hydroxylation sites is 1. The molecule has 2 aromatic carbocycles. The molecule has 1 amide bonds. The van der Waals surface area contributed by atoms with Crippen molar-refractivity contribution in [1.29, 1.82) is 10.5 Å². The van der Waals surface area contributed by atoms with Crippen LogP contribution in [0.5, 0.6) is 0 Å². The number of nitriles is 2. The molecule has 6 heteroatoms. The second-order valence-corrected chi connectivity index (χ2v) is 6.45. The smallest absolute Gasteiger partial charge is 0.248 e. The van der Waals surface area contributed by atoms with Crippen molar-refractivity contribution in [2.75, 3.05) is 11.4 Å². The van der Waals surface area contributed by atoms with Crippen LogP contribution in [-0.2, 0) is 14.9 Å². The average Bonchev–Trinajstić information content (AvgIpc) is 2.97. The Morgan fingerprint density at radius 2 is 1.68 bits per heavy atom. The molecule has 0 saturated heterocycles. The highest BCUT2D eigenvalue weighted by Gasteiger charge is 2.60. The first kappa shape index (κ1) is 17.4. The van der Waals surface area contributed by atoms with E-state index in [1.54, 1.807) is 41.3 Å². The van der Waals surface area contributed by atoms with Crippen LogP contribution in [0.4, 0.5) is 5.69 Å². The molecule has 0 aromatic heterocycles. The molecule has 136 valence electrons. The van der Waals surface area contributed by atoms with Crippen molar-refractivity contribution >= 4 is 17.4 Å². The van der Waals surface area contributed by atoms with Gasteiger partial charge < -0.3 is 15.4 Å². The number of amides is 1. The molecule has 28 heavy (non-hydrogen) atoms. The van der Waals surface area contributed by atoms with E-state index in [4.69, 9.17) is 10.5 Å². The minimum absolute atomic E-state index is 0.0582. The molecule has 1 atom stereocenters. The van der Waals surface area contributed by atoms with Crippen molar-refractivity contribution in [2.24, 2.45) is 5.73 Å². The number of nitrogens with zero attached hydrogens (tertiary/aromatic N) is 3. The van der Waals surface area contributed by atoms with Crippen LogP contribution in [0.15, 0.2) is 71.6 Å². The third-order valence-corrected chi connectivity index (χ3v) is 5.18. The van der Waals surface area contributed by atoms with Gasteiger partial charge in [-0.1, -0.05) is 48.5 Å². The Hall–Kier alpha value is -4.03. The van der Waals surface area contributed by atoms with Crippen LogP contribution in [-0.4, -0.2) is 12.5 Å². The molecule has 1 spiro atoms. The summed E-state index contributed by atoms with van der Waals surface area (Å²) in [6, 6.07) is 20.3. The molecule has 0 aliphatic carbocycles. The third-order valence-electron chi connectivity index (χ3n) is 5.18. The summed E-state index contributed by atoms with van der Waals surface area (Å²) in [6.45, 7) is 2.25. The average molecular weight is 368 g/mol. The largest absolute Gasteiger partial charge is 0.439 e. The molecule has 4 rings (SSSR count). The fraction of sp³-hybridized carbons (Fsp3) is 0.136. The Kier molecular flexibility index (Phi) is 3.91. The minimum Gasteiger partial charge on any atom is -0.439 e. The number of anilines is 1. The highest BCUT2D eigenvalue weighted by molar-refractivity contribution is 6.15. The van der Waals surface area contributed by atoms with E-state index in [0.717, 1.165) is 0 Å². The summed E-state index contributed by atoms with van der Waals surface area (Å²) in [7, 11) is 0. The zero-order chi connectivity index (χ0) is 19.9. The van der Waals surface area contributed by atoms with Crippen LogP contribution in [0, 0.1) is 22.7 Å². The lowest BCUT2D eigenvalue weighted by molar-refractivity contribution is -0.120. The zero-order valence-electron chi connectivity index (χ0n) is 15.1. The second kappa shape index (κ2) is 6.29. The summed E-state index contributed by atoms with van der Waals surface area (Å²) < 4.78 is 5.72. The highest BCUT2D eigenvalue weighted by atomic mass is 16.5. The number of benzene rings is 2. The fourth-order valence-electron chi connectivity index (χ4n) is 4.01. The van der Waals surface area contributed by atoms with E-state index >= 15 is 0 Å². The number of fused-ring (bicyclic) bond motifs is 2. The minimum atomic E-state index is -1.61. The monoisotopic (exact) mass is 368 g/mol. The van der Waals surface area contributed by atoms with Gasteiger partial charge >= 0.3 is 0 Å². The number of rotatable bonds is 2. The van der Waals surface area contributed by atoms with Gasteiger partial charge in [0.25, 0.3) is 0 Å². The van der Waals surface area contributed by atoms with Crippen LogP contribution in [0.25, 0.3) is 5.76 Å². The van der Waals surface area contributed by atoms with Crippen molar-refractivity contribution in [1.82, 2.24) is 0 Å². The van der Waals surface area contributed by atoms with E-state index in [9.17, 15) is 15.3 Å². The van der Waals surface area contributed by atoms with Crippen molar-refractivity contribution < 1.29 is 9.53 Å². The van der Waals surface area contributed by atoms with E-state index in [2.05, 4.69) is 6.07 Å². The number of likely N-dealkylation sites (N-methyl/N-ethyl adjacent to an activating group) is 1. The maximum atomic E-state index is 13.7. The Labute approximate surface area is 162 Å². The first-order valence-electron chi connectivity index (χ1n) is 8.81. The molecule has 0 unspecified atom stereocenters. The van der Waals surface area contributed by atoms with Crippen LogP contribution in [0.1, 0.15) is 18.1 Å². The van der Waals surface area contributed by atoms with Crippen LogP contribution in [0.3, 0.4) is 0 Å². The van der Waals surface area contributed by atoms with E-state index in [-0.39, 0.29) is 28.7 Å². The molecule has 2 aliphatic heterocycles. The molecule has 2 aromatic rings.